The first-order valence-electron chi connectivity index (χ1n) is 11.6. The van der Waals surface area contributed by atoms with Crippen molar-refractivity contribution in [3.8, 4) is 0 Å². The maximum Gasteiger partial charge on any atom is 0.142 e. The lowest BCUT2D eigenvalue weighted by Crippen LogP contribution is -2.35. The van der Waals surface area contributed by atoms with Crippen molar-refractivity contribution < 1.29 is 4.74 Å². The molecule has 2 heterocycles. The summed E-state index contributed by atoms with van der Waals surface area (Å²) in [7, 11) is 0. The average Bonchev–Trinajstić information content (AvgIpc) is 3.24. The molecule has 4 aromatic rings. The van der Waals surface area contributed by atoms with Gasteiger partial charge in [0.15, 0.2) is 0 Å². The second-order valence-corrected chi connectivity index (χ2v) is 9.19. The Morgan fingerprint density at radius 1 is 0.625 bits per heavy atom. The fraction of sp³-hybridized carbons (Fsp3) is 0.161. The van der Waals surface area contributed by atoms with E-state index in [0.29, 0.717) is 0 Å². The van der Waals surface area contributed by atoms with E-state index in [1.165, 1.54) is 39.0 Å². The van der Waals surface area contributed by atoms with Crippen molar-refractivity contribution in [1.29, 1.82) is 0 Å². The summed E-state index contributed by atoms with van der Waals surface area (Å²) in [4.78, 5) is 0. The van der Waals surface area contributed by atoms with Gasteiger partial charge in [-0.25, -0.2) is 0 Å². The summed E-state index contributed by atoms with van der Waals surface area (Å²) in [5, 5.41) is 0. The van der Waals surface area contributed by atoms with Crippen molar-refractivity contribution in [2.45, 2.75) is 24.0 Å². The Bertz CT molecular complexity index is 1350. The second-order valence-electron chi connectivity index (χ2n) is 9.19. The molecule has 0 aromatic heterocycles. The van der Waals surface area contributed by atoms with Gasteiger partial charge < -0.3 is 4.74 Å². The Labute approximate surface area is 189 Å². The van der Waals surface area contributed by atoms with Gasteiger partial charge in [-0.1, -0.05) is 115 Å². The molecular weight excluding hydrogens is 388 g/mol. The third kappa shape index (κ3) is 2.17. The van der Waals surface area contributed by atoms with Crippen LogP contribution in [0.2, 0.25) is 0 Å². The zero-order chi connectivity index (χ0) is 21.2. The molecular formula is C31H24O. The molecule has 3 aliphatic rings. The lowest BCUT2D eigenvalue weighted by atomic mass is 9.62. The average molecular weight is 413 g/mol. The number of ether oxygens (including phenoxy) is 1. The van der Waals surface area contributed by atoms with Gasteiger partial charge in [0.2, 0.25) is 0 Å². The Balaban J connectivity index is 1.61. The zero-order valence-electron chi connectivity index (χ0n) is 17.9. The van der Waals surface area contributed by atoms with Crippen molar-refractivity contribution in [3.05, 3.63) is 148 Å². The summed E-state index contributed by atoms with van der Waals surface area (Å²) < 4.78 is 7.44. The molecule has 2 aliphatic heterocycles. The highest BCUT2D eigenvalue weighted by molar-refractivity contribution is 5.72. The van der Waals surface area contributed by atoms with Crippen molar-refractivity contribution >= 4 is 6.08 Å². The van der Waals surface area contributed by atoms with Gasteiger partial charge >= 0.3 is 0 Å². The summed E-state index contributed by atoms with van der Waals surface area (Å²) in [6, 6.07) is 39.5. The molecule has 0 radical (unpaired) electrons. The Kier molecular flexibility index (Phi) is 3.72. The molecule has 1 saturated heterocycles. The van der Waals surface area contributed by atoms with Crippen LogP contribution in [0, 0.1) is 5.92 Å². The number of benzene rings is 4. The highest BCUT2D eigenvalue weighted by Crippen LogP contribution is 2.69. The molecule has 32 heavy (non-hydrogen) atoms. The zero-order valence-corrected chi connectivity index (χ0v) is 17.9. The Morgan fingerprint density at radius 2 is 1.25 bits per heavy atom. The molecule has 4 aromatic carbocycles. The van der Waals surface area contributed by atoms with Crippen molar-refractivity contribution in [2.24, 2.45) is 5.92 Å². The summed E-state index contributed by atoms with van der Waals surface area (Å²) in [6.07, 6.45) is 4.58. The fourth-order valence-electron chi connectivity index (χ4n) is 6.49. The van der Waals surface area contributed by atoms with E-state index in [9.17, 15) is 0 Å². The molecule has 0 spiro atoms. The molecule has 1 heteroatoms. The van der Waals surface area contributed by atoms with E-state index in [2.05, 4.69) is 115 Å². The number of fused-ring (bicyclic) bond motifs is 9. The van der Waals surface area contributed by atoms with E-state index in [0.717, 1.165) is 12.8 Å². The standard InChI is InChI=1S/C31H24O/c1-3-13-24(14-4-1)30-26-17-9-10-18-27(26)31(32-30,25-15-5-2-6-16-25)29-21-23-12-8-7-11-22(23)19-20-28(29)30/h1-18,21,28H,19-20H2/t28-,30?,31?/m0/s1. The van der Waals surface area contributed by atoms with Gasteiger partial charge in [-0.2, -0.15) is 0 Å². The summed E-state index contributed by atoms with van der Waals surface area (Å²) in [5.74, 6) is 0.285. The molecule has 0 saturated carbocycles. The van der Waals surface area contributed by atoms with Crippen molar-refractivity contribution in [3.63, 3.8) is 0 Å². The maximum atomic E-state index is 7.44. The van der Waals surface area contributed by atoms with Crippen LogP contribution in [-0.2, 0) is 22.4 Å². The van der Waals surface area contributed by atoms with Crippen LogP contribution in [0.25, 0.3) is 6.08 Å². The molecule has 1 nitrogen and oxygen atoms in total. The van der Waals surface area contributed by atoms with Crippen LogP contribution in [0.1, 0.15) is 39.8 Å². The normalized spacial score (nSPS) is 27.1. The lowest BCUT2D eigenvalue weighted by Gasteiger charge is -2.36. The summed E-state index contributed by atoms with van der Waals surface area (Å²) >= 11 is 0. The highest BCUT2D eigenvalue weighted by atomic mass is 16.5. The second kappa shape index (κ2) is 6.54. The van der Waals surface area contributed by atoms with Gasteiger partial charge in [-0.3, -0.25) is 0 Å². The van der Waals surface area contributed by atoms with Gasteiger partial charge in [-0.05, 0) is 51.8 Å². The van der Waals surface area contributed by atoms with Crippen LogP contribution in [0.4, 0.5) is 0 Å². The molecule has 0 N–H and O–H groups in total. The van der Waals surface area contributed by atoms with E-state index < -0.39 is 11.2 Å². The summed E-state index contributed by atoms with van der Waals surface area (Å²) in [6.45, 7) is 0. The van der Waals surface area contributed by atoms with Crippen LogP contribution in [0.15, 0.2) is 115 Å². The van der Waals surface area contributed by atoms with Crippen molar-refractivity contribution in [1.82, 2.24) is 0 Å². The van der Waals surface area contributed by atoms with Gasteiger partial charge in [0.25, 0.3) is 0 Å². The van der Waals surface area contributed by atoms with Gasteiger partial charge in [-0.15, -0.1) is 0 Å². The van der Waals surface area contributed by atoms with E-state index in [1.54, 1.807) is 0 Å². The lowest BCUT2D eigenvalue weighted by molar-refractivity contribution is -0.0483. The SMILES string of the molecule is C1=C2[C@H](CCc3ccccc31)C1(c3ccccc3)OC2(c2ccccc2)c2ccccc21. The minimum absolute atomic E-state index is 0.285. The first kappa shape index (κ1) is 18.2. The van der Waals surface area contributed by atoms with Crippen molar-refractivity contribution in [2.75, 3.05) is 0 Å². The topological polar surface area (TPSA) is 9.23 Å². The molecule has 154 valence electrons. The quantitative estimate of drug-likeness (QED) is 0.349. The fourth-order valence-corrected chi connectivity index (χ4v) is 6.49. The monoisotopic (exact) mass is 412 g/mol. The molecule has 0 amide bonds. The van der Waals surface area contributed by atoms with E-state index in [4.69, 9.17) is 4.74 Å². The summed E-state index contributed by atoms with van der Waals surface area (Å²) in [5.41, 5.74) is 8.22. The van der Waals surface area contributed by atoms with Crippen LogP contribution < -0.4 is 0 Å². The molecule has 1 fully saturated rings. The first-order chi connectivity index (χ1) is 15.8. The molecule has 3 atom stereocenters. The van der Waals surface area contributed by atoms with E-state index in [1.807, 2.05) is 0 Å². The van der Waals surface area contributed by atoms with Crippen LogP contribution in [-0.4, -0.2) is 0 Å². The van der Waals surface area contributed by atoms with Gasteiger partial charge in [0, 0.05) is 5.92 Å². The Morgan fingerprint density at radius 3 is 2.03 bits per heavy atom. The first-order valence-corrected chi connectivity index (χ1v) is 11.6. The minimum atomic E-state index is -0.560. The maximum absolute atomic E-state index is 7.44. The van der Waals surface area contributed by atoms with Crippen LogP contribution >= 0.6 is 0 Å². The van der Waals surface area contributed by atoms with E-state index >= 15 is 0 Å². The number of hydrogen-bond acceptors (Lipinski definition) is 1. The predicted molar refractivity (Wildman–Crippen MR) is 128 cm³/mol. The predicted octanol–water partition coefficient (Wildman–Crippen LogP) is 6.86. The molecule has 2 bridgehead atoms. The number of hydrogen-bond donors (Lipinski definition) is 0. The Hall–Kier alpha value is -3.42. The number of rotatable bonds is 2. The minimum Gasteiger partial charge on any atom is -0.345 e. The molecule has 2 unspecified atom stereocenters. The third-order valence-electron chi connectivity index (χ3n) is 7.74. The van der Waals surface area contributed by atoms with Gasteiger partial charge in [0.1, 0.15) is 11.2 Å². The number of aryl methyl sites for hydroxylation is 1. The van der Waals surface area contributed by atoms with Crippen LogP contribution in [0.3, 0.4) is 0 Å². The molecule has 7 rings (SSSR count). The molecule has 1 aliphatic carbocycles. The van der Waals surface area contributed by atoms with E-state index in [-0.39, 0.29) is 5.92 Å². The van der Waals surface area contributed by atoms with Gasteiger partial charge in [0.05, 0.1) is 0 Å². The smallest absolute Gasteiger partial charge is 0.142 e. The third-order valence-corrected chi connectivity index (χ3v) is 7.74. The largest absolute Gasteiger partial charge is 0.345 e. The van der Waals surface area contributed by atoms with Crippen LogP contribution in [0.5, 0.6) is 0 Å². The highest BCUT2D eigenvalue weighted by Gasteiger charge is 2.68.